The molecule has 2 rings (SSSR count). The largest absolute Gasteiger partial charge is 0.380 e. The fourth-order valence-corrected chi connectivity index (χ4v) is 4.30. The minimum atomic E-state index is 0.576. The molecule has 1 aromatic rings. The Balaban J connectivity index is 2.05. The van der Waals surface area contributed by atoms with Gasteiger partial charge >= 0.3 is 0 Å². The molecule has 0 radical (unpaired) electrons. The molecule has 1 aromatic carbocycles. The molecule has 0 aromatic heterocycles. The van der Waals surface area contributed by atoms with Crippen LogP contribution in [-0.2, 0) is 0 Å². The fraction of sp³-hybridized carbons (Fsp3) is 0.600. The fourth-order valence-electron chi connectivity index (χ4n) is 2.66. The van der Waals surface area contributed by atoms with Crippen molar-refractivity contribution in [2.75, 3.05) is 25.0 Å². The van der Waals surface area contributed by atoms with Crippen LogP contribution in [0.25, 0.3) is 0 Å². The summed E-state index contributed by atoms with van der Waals surface area (Å²) >= 11 is 7.33. The molecule has 0 amide bonds. The van der Waals surface area contributed by atoms with Crippen LogP contribution in [0.3, 0.4) is 0 Å². The van der Waals surface area contributed by atoms with Gasteiger partial charge in [0.1, 0.15) is 0 Å². The molecular weight excluding hydrogens is 368 g/mol. The molecule has 4 heteroatoms. The maximum Gasteiger partial charge on any atom is 0.0631 e. The predicted octanol–water partition coefficient (Wildman–Crippen LogP) is 4.81. The lowest BCUT2D eigenvalue weighted by Crippen LogP contribution is -2.26. The van der Waals surface area contributed by atoms with Crippen LogP contribution >= 0.6 is 31.9 Å². The predicted molar refractivity (Wildman–Crippen MR) is 90.0 cm³/mol. The van der Waals surface area contributed by atoms with E-state index in [-0.39, 0.29) is 0 Å². The highest BCUT2D eigenvalue weighted by molar-refractivity contribution is 9.11. The van der Waals surface area contributed by atoms with Crippen molar-refractivity contribution < 1.29 is 0 Å². The maximum atomic E-state index is 3.71. The second-order valence-corrected chi connectivity index (χ2v) is 7.02. The zero-order valence-corrected chi connectivity index (χ0v) is 14.8. The molecule has 1 unspecified atom stereocenters. The summed E-state index contributed by atoms with van der Waals surface area (Å²) < 4.78 is 2.30. The molecule has 0 aliphatic carbocycles. The second kappa shape index (κ2) is 7.09. The first-order valence-electron chi connectivity index (χ1n) is 7.04. The van der Waals surface area contributed by atoms with Crippen molar-refractivity contribution in [3.8, 4) is 0 Å². The first kappa shape index (κ1) is 15.3. The SMILES string of the molecule is CCN1CCCC(Nc2c(Br)cc(C)cc2Br)CC1. The van der Waals surface area contributed by atoms with Gasteiger partial charge in [-0.1, -0.05) is 6.92 Å². The Morgan fingerprint density at radius 3 is 2.53 bits per heavy atom. The van der Waals surface area contributed by atoms with Gasteiger partial charge < -0.3 is 10.2 Å². The van der Waals surface area contributed by atoms with Gasteiger partial charge in [-0.05, 0) is 88.8 Å². The summed E-state index contributed by atoms with van der Waals surface area (Å²) in [5, 5.41) is 3.71. The molecule has 0 spiro atoms. The second-order valence-electron chi connectivity index (χ2n) is 5.31. The monoisotopic (exact) mass is 388 g/mol. The number of anilines is 1. The third kappa shape index (κ3) is 4.20. The molecule has 19 heavy (non-hydrogen) atoms. The van der Waals surface area contributed by atoms with E-state index in [4.69, 9.17) is 0 Å². The molecule has 1 saturated heterocycles. The summed E-state index contributed by atoms with van der Waals surface area (Å²) in [6.07, 6.45) is 3.76. The number of nitrogens with one attached hydrogen (secondary N) is 1. The first-order chi connectivity index (χ1) is 9.10. The average Bonchev–Trinajstić information content (AvgIpc) is 2.58. The van der Waals surface area contributed by atoms with E-state index in [9.17, 15) is 0 Å². The Hall–Kier alpha value is -0.0600. The van der Waals surface area contributed by atoms with Crippen LogP contribution in [-0.4, -0.2) is 30.6 Å². The summed E-state index contributed by atoms with van der Waals surface area (Å²) in [6, 6.07) is 4.91. The third-order valence-corrected chi connectivity index (χ3v) is 5.05. The van der Waals surface area contributed by atoms with E-state index in [0.717, 1.165) is 8.95 Å². The minimum absolute atomic E-state index is 0.576. The van der Waals surface area contributed by atoms with E-state index >= 15 is 0 Å². The van der Waals surface area contributed by atoms with Crippen LogP contribution < -0.4 is 5.32 Å². The summed E-state index contributed by atoms with van der Waals surface area (Å²) in [6.45, 7) is 7.98. The maximum absolute atomic E-state index is 3.71. The summed E-state index contributed by atoms with van der Waals surface area (Å²) in [5.74, 6) is 0. The van der Waals surface area contributed by atoms with Gasteiger partial charge in [-0.25, -0.2) is 0 Å². The Morgan fingerprint density at radius 1 is 1.21 bits per heavy atom. The van der Waals surface area contributed by atoms with Crippen LogP contribution in [0.15, 0.2) is 21.1 Å². The molecule has 1 N–H and O–H groups in total. The van der Waals surface area contributed by atoms with Crippen LogP contribution in [0.5, 0.6) is 0 Å². The van der Waals surface area contributed by atoms with Crippen LogP contribution in [0, 0.1) is 6.92 Å². The van der Waals surface area contributed by atoms with Gasteiger partial charge in [0.05, 0.1) is 5.69 Å². The average molecular weight is 390 g/mol. The quantitative estimate of drug-likeness (QED) is 0.798. The van der Waals surface area contributed by atoms with Crippen molar-refractivity contribution in [3.63, 3.8) is 0 Å². The van der Waals surface area contributed by atoms with E-state index in [1.165, 1.54) is 50.1 Å². The first-order valence-corrected chi connectivity index (χ1v) is 8.63. The zero-order valence-electron chi connectivity index (χ0n) is 11.7. The molecule has 1 heterocycles. The lowest BCUT2D eigenvalue weighted by molar-refractivity contribution is 0.300. The molecule has 1 fully saturated rings. The standard InChI is InChI=1S/C15H22Br2N2/c1-3-19-7-4-5-12(6-8-19)18-15-13(16)9-11(2)10-14(15)17/h9-10,12,18H,3-8H2,1-2H3. The Morgan fingerprint density at radius 2 is 1.89 bits per heavy atom. The molecular formula is C15H22Br2N2. The number of aryl methyl sites for hydroxylation is 1. The number of hydrogen-bond donors (Lipinski definition) is 1. The third-order valence-electron chi connectivity index (χ3n) is 3.80. The minimum Gasteiger partial charge on any atom is -0.380 e. The van der Waals surface area contributed by atoms with Crippen molar-refractivity contribution in [3.05, 3.63) is 26.6 Å². The van der Waals surface area contributed by atoms with Crippen molar-refractivity contribution in [1.29, 1.82) is 0 Å². The van der Waals surface area contributed by atoms with E-state index in [1.54, 1.807) is 0 Å². The van der Waals surface area contributed by atoms with E-state index in [1.807, 2.05) is 0 Å². The van der Waals surface area contributed by atoms with Gasteiger partial charge in [-0.3, -0.25) is 0 Å². The molecule has 106 valence electrons. The van der Waals surface area contributed by atoms with E-state index < -0.39 is 0 Å². The Kier molecular flexibility index (Phi) is 5.72. The van der Waals surface area contributed by atoms with Crippen molar-refractivity contribution in [1.82, 2.24) is 4.90 Å². The molecule has 0 saturated carbocycles. The molecule has 2 nitrogen and oxygen atoms in total. The van der Waals surface area contributed by atoms with E-state index in [0.29, 0.717) is 6.04 Å². The van der Waals surface area contributed by atoms with Gasteiger partial charge in [-0.15, -0.1) is 0 Å². The molecule has 1 aliphatic heterocycles. The molecule has 1 aliphatic rings. The zero-order chi connectivity index (χ0) is 13.8. The highest BCUT2D eigenvalue weighted by atomic mass is 79.9. The number of nitrogens with zero attached hydrogens (tertiary/aromatic N) is 1. The number of hydrogen-bond acceptors (Lipinski definition) is 2. The highest BCUT2D eigenvalue weighted by Gasteiger charge is 2.17. The smallest absolute Gasteiger partial charge is 0.0631 e. The Bertz CT molecular complexity index is 411. The number of rotatable bonds is 3. The lowest BCUT2D eigenvalue weighted by Gasteiger charge is -2.21. The highest BCUT2D eigenvalue weighted by Crippen LogP contribution is 2.33. The van der Waals surface area contributed by atoms with Crippen molar-refractivity contribution in [2.45, 2.75) is 39.2 Å². The lowest BCUT2D eigenvalue weighted by atomic mass is 10.1. The van der Waals surface area contributed by atoms with Crippen LogP contribution in [0.4, 0.5) is 5.69 Å². The van der Waals surface area contributed by atoms with Gasteiger partial charge in [0, 0.05) is 21.5 Å². The van der Waals surface area contributed by atoms with Gasteiger partial charge in [0.25, 0.3) is 0 Å². The molecule has 1 atom stereocenters. The molecule has 0 bridgehead atoms. The van der Waals surface area contributed by atoms with Crippen molar-refractivity contribution in [2.24, 2.45) is 0 Å². The normalized spacial score (nSPS) is 21.2. The van der Waals surface area contributed by atoms with E-state index in [2.05, 4.69) is 68.1 Å². The van der Waals surface area contributed by atoms with Crippen LogP contribution in [0.2, 0.25) is 0 Å². The number of likely N-dealkylation sites (tertiary alicyclic amines) is 1. The summed E-state index contributed by atoms with van der Waals surface area (Å²) in [5.41, 5.74) is 2.46. The van der Waals surface area contributed by atoms with Crippen LogP contribution in [0.1, 0.15) is 31.7 Å². The number of halogens is 2. The summed E-state index contributed by atoms with van der Waals surface area (Å²) in [4.78, 5) is 2.54. The van der Waals surface area contributed by atoms with Gasteiger partial charge in [0.15, 0.2) is 0 Å². The van der Waals surface area contributed by atoms with Gasteiger partial charge in [0.2, 0.25) is 0 Å². The summed E-state index contributed by atoms with van der Waals surface area (Å²) in [7, 11) is 0. The van der Waals surface area contributed by atoms with Gasteiger partial charge in [-0.2, -0.15) is 0 Å². The number of benzene rings is 1. The van der Waals surface area contributed by atoms with Crippen molar-refractivity contribution >= 4 is 37.5 Å². The Labute approximate surface area is 133 Å². The topological polar surface area (TPSA) is 15.3 Å².